The van der Waals surface area contributed by atoms with Crippen LogP contribution in [0.25, 0.3) is 5.57 Å². The molecule has 1 heteroatoms. The highest BCUT2D eigenvalue weighted by molar-refractivity contribution is 7.73. The van der Waals surface area contributed by atoms with Crippen molar-refractivity contribution in [2.75, 3.05) is 6.16 Å². The van der Waals surface area contributed by atoms with Crippen molar-refractivity contribution in [1.82, 2.24) is 0 Å². The zero-order chi connectivity index (χ0) is 23.5. The molecule has 176 valence electrons. The molecule has 3 aromatic carbocycles. The Bertz CT molecular complexity index is 1060. The van der Waals surface area contributed by atoms with Crippen molar-refractivity contribution in [3.05, 3.63) is 102 Å². The van der Waals surface area contributed by atoms with Crippen molar-refractivity contribution in [1.29, 1.82) is 0 Å². The van der Waals surface area contributed by atoms with Gasteiger partial charge >= 0.3 is 0 Å². The molecule has 0 N–H and O–H groups in total. The largest absolute Gasteiger partial charge is 0.0729 e. The molecule has 0 spiro atoms. The molecular formula is C33H39P. The van der Waals surface area contributed by atoms with Crippen LogP contribution in [-0.4, -0.2) is 6.16 Å². The van der Waals surface area contributed by atoms with E-state index in [2.05, 4.69) is 112 Å². The quantitative estimate of drug-likeness (QED) is 0.307. The third-order valence-corrected chi connectivity index (χ3v) is 10.8. The fourth-order valence-electron chi connectivity index (χ4n) is 6.59. The standard InChI is InChI=1S/C33H39P/c1-24(2)29-19-18-25(3)22-32(29)33-23-26(30-16-10-11-17-31(30)33)20-21-34(27-12-6-4-7-13-27)28-14-8-5-9-15-28/h4-17,23-25,29,32-33H,18-22H2,1-3H3/t25-,29-,32-,33?/m1/s1. The maximum Gasteiger partial charge on any atom is 0.00611 e. The number of fused-ring (bicyclic) bond motifs is 1. The van der Waals surface area contributed by atoms with Crippen molar-refractivity contribution in [2.45, 2.75) is 52.4 Å². The van der Waals surface area contributed by atoms with E-state index in [-0.39, 0.29) is 7.92 Å². The number of hydrogen-bond donors (Lipinski definition) is 0. The third kappa shape index (κ3) is 4.94. The second kappa shape index (κ2) is 10.6. The summed E-state index contributed by atoms with van der Waals surface area (Å²) in [6.45, 7) is 7.38. The van der Waals surface area contributed by atoms with Crippen LogP contribution in [0.2, 0.25) is 0 Å². The number of allylic oxidation sites excluding steroid dienone is 2. The summed E-state index contributed by atoms with van der Waals surface area (Å²) in [6.07, 6.45) is 9.27. The third-order valence-electron chi connectivity index (χ3n) is 8.32. The average Bonchev–Trinajstić information content (AvgIpc) is 3.24. The fraction of sp³-hybridized carbons (Fsp3) is 0.394. The molecule has 0 aromatic heterocycles. The van der Waals surface area contributed by atoms with Gasteiger partial charge in [-0.2, -0.15) is 0 Å². The van der Waals surface area contributed by atoms with Gasteiger partial charge in [-0.25, -0.2) is 0 Å². The molecule has 5 rings (SSSR count). The molecular weight excluding hydrogens is 427 g/mol. The normalized spacial score (nSPS) is 24.3. The van der Waals surface area contributed by atoms with E-state index in [1.54, 1.807) is 11.1 Å². The average molecular weight is 467 g/mol. The van der Waals surface area contributed by atoms with E-state index >= 15 is 0 Å². The lowest BCUT2D eigenvalue weighted by atomic mass is 9.64. The predicted octanol–water partition coefficient (Wildman–Crippen LogP) is 8.40. The van der Waals surface area contributed by atoms with Crippen LogP contribution in [0.15, 0.2) is 91.0 Å². The summed E-state index contributed by atoms with van der Waals surface area (Å²) >= 11 is 0. The first kappa shape index (κ1) is 23.6. The summed E-state index contributed by atoms with van der Waals surface area (Å²) in [5, 5.41) is 2.99. The van der Waals surface area contributed by atoms with Gasteiger partial charge in [0.25, 0.3) is 0 Å². The zero-order valence-electron chi connectivity index (χ0n) is 21.0. The lowest BCUT2D eigenvalue weighted by Gasteiger charge is -2.40. The van der Waals surface area contributed by atoms with E-state index in [4.69, 9.17) is 0 Å². The number of hydrogen-bond acceptors (Lipinski definition) is 0. The monoisotopic (exact) mass is 466 g/mol. The van der Waals surface area contributed by atoms with Crippen LogP contribution in [0.1, 0.15) is 63.5 Å². The van der Waals surface area contributed by atoms with Crippen molar-refractivity contribution < 1.29 is 0 Å². The zero-order valence-corrected chi connectivity index (χ0v) is 21.9. The van der Waals surface area contributed by atoms with Crippen LogP contribution in [0.3, 0.4) is 0 Å². The lowest BCUT2D eigenvalue weighted by molar-refractivity contribution is 0.132. The van der Waals surface area contributed by atoms with Crippen molar-refractivity contribution in [3.8, 4) is 0 Å². The topological polar surface area (TPSA) is 0 Å². The van der Waals surface area contributed by atoms with Gasteiger partial charge in [-0.1, -0.05) is 118 Å². The highest BCUT2D eigenvalue weighted by Crippen LogP contribution is 2.51. The van der Waals surface area contributed by atoms with Crippen molar-refractivity contribution in [3.63, 3.8) is 0 Å². The maximum atomic E-state index is 2.70. The molecule has 1 fully saturated rings. The molecule has 1 saturated carbocycles. The van der Waals surface area contributed by atoms with Gasteiger partial charge in [-0.3, -0.25) is 0 Å². The summed E-state index contributed by atoms with van der Waals surface area (Å²) in [4.78, 5) is 0. The highest BCUT2D eigenvalue weighted by atomic mass is 31.1. The first-order valence-corrected chi connectivity index (χ1v) is 14.8. The van der Waals surface area contributed by atoms with Crippen LogP contribution in [0.4, 0.5) is 0 Å². The molecule has 0 bridgehead atoms. The van der Waals surface area contributed by atoms with Gasteiger partial charge in [0.1, 0.15) is 0 Å². The minimum Gasteiger partial charge on any atom is -0.0729 e. The molecule has 3 aromatic rings. The van der Waals surface area contributed by atoms with E-state index in [0.717, 1.165) is 30.1 Å². The van der Waals surface area contributed by atoms with Crippen LogP contribution in [0.5, 0.6) is 0 Å². The van der Waals surface area contributed by atoms with Gasteiger partial charge in [0.15, 0.2) is 0 Å². The Morgan fingerprint density at radius 3 is 2.06 bits per heavy atom. The Balaban J connectivity index is 1.44. The molecule has 0 heterocycles. The minimum absolute atomic E-state index is 0.352. The van der Waals surface area contributed by atoms with Gasteiger partial charge in [0.2, 0.25) is 0 Å². The van der Waals surface area contributed by atoms with Gasteiger partial charge in [0.05, 0.1) is 0 Å². The molecule has 0 amide bonds. The van der Waals surface area contributed by atoms with E-state index in [1.165, 1.54) is 41.6 Å². The van der Waals surface area contributed by atoms with Crippen LogP contribution < -0.4 is 10.6 Å². The molecule has 0 radical (unpaired) electrons. The molecule has 0 saturated heterocycles. The first-order chi connectivity index (χ1) is 16.6. The Hall–Kier alpha value is -2.17. The van der Waals surface area contributed by atoms with Gasteiger partial charge in [-0.15, -0.1) is 0 Å². The lowest BCUT2D eigenvalue weighted by Crippen LogP contribution is -2.31. The summed E-state index contributed by atoms with van der Waals surface area (Å²) < 4.78 is 0. The molecule has 2 aliphatic rings. The highest BCUT2D eigenvalue weighted by Gasteiger charge is 2.38. The predicted molar refractivity (Wildman–Crippen MR) is 151 cm³/mol. The molecule has 2 aliphatic carbocycles. The van der Waals surface area contributed by atoms with Crippen molar-refractivity contribution in [2.24, 2.45) is 23.7 Å². The summed E-state index contributed by atoms with van der Waals surface area (Å²) in [5.41, 5.74) is 4.73. The van der Waals surface area contributed by atoms with Gasteiger partial charge < -0.3 is 0 Å². The van der Waals surface area contributed by atoms with Crippen LogP contribution >= 0.6 is 7.92 Å². The molecule has 0 aliphatic heterocycles. The maximum absolute atomic E-state index is 2.70. The summed E-state index contributed by atoms with van der Waals surface area (Å²) in [7, 11) is -0.352. The Kier molecular flexibility index (Phi) is 7.36. The Labute approximate surface area is 208 Å². The smallest absolute Gasteiger partial charge is 0.00611 e. The molecule has 0 nitrogen and oxygen atoms in total. The molecule has 1 unspecified atom stereocenters. The number of rotatable bonds is 7. The summed E-state index contributed by atoms with van der Waals surface area (Å²) in [5.74, 6) is 3.85. The van der Waals surface area contributed by atoms with E-state index in [1.807, 2.05) is 0 Å². The van der Waals surface area contributed by atoms with Gasteiger partial charge in [0, 0.05) is 5.92 Å². The second-order valence-corrected chi connectivity index (χ2v) is 13.2. The van der Waals surface area contributed by atoms with Crippen molar-refractivity contribution >= 4 is 24.1 Å². The second-order valence-electron chi connectivity index (χ2n) is 10.9. The van der Waals surface area contributed by atoms with E-state index in [9.17, 15) is 0 Å². The van der Waals surface area contributed by atoms with E-state index in [0.29, 0.717) is 5.92 Å². The fourth-order valence-corrected chi connectivity index (χ4v) is 8.94. The van der Waals surface area contributed by atoms with Gasteiger partial charge in [-0.05, 0) is 84.3 Å². The molecule has 4 atom stereocenters. The molecule has 34 heavy (non-hydrogen) atoms. The first-order valence-electron chi connectivity index (χ1n) is 13.3. The summed E-state index contributed by atoms with van der Waals surface area (Å²) in [6, 6.07) is 31.7. The van der Waals surface area contributed by atoms with E-state index < -0.39 is 0 Å². The Morgan fingerprint density at radius 1 is 0.794 bits per heavy atom. The number of benzene rings is 3. The van der Waals surface area contributed by atoms with Crippen LogP contribution in [-0.2, 0) is 0 Å². The Morgan fingerprint density at radius 2 is 1.41 bits per heavy atom. The minimum atomic E-state index is -0.352. The van der Waals surface area contributed by atoms with Crippen LogP contribution in [0, 0.1) is 23.7 Å². The SMILES string of the molecule is CC(C)[C@H]1CC[C@@H](C)C[C@H]1C1C=C(CCP(c2ccccc2)c2ccccc2)c2ccccc21.